The highest BCUT2D eigenvalue weighted by Gasteiger charge is 1.98. The van der Waals surface area contributed by atoms with E-state index in [1.165, 1.54) is 6.20 Å². The minimum atomic E-state index is 0.571. The van der Waals surface area contributed by atoms with E-state index in [9.17, 15) is 4.79 Å². The molecule has 1 aromatic heterocycles. The molecule has 0 amide bonds. The number of benzene rings is 1. The Morgan fingerprint density at radius 3 is 2.67 bits per heavy atom. The second kappa shape index (κ2) is 4.37. The van der Waals surface area contributed by atoms with Crippen molar-refractivity contribution in [1.82, 2.24) is 10.2 Å². The van der Waals surface area contributed by atoms with E-state index in [4.69, 9.17) is 0 Å². The minimum absolute atomic E-state index is 0.571. The molecule has 74 valence electrons. The molecule has 0 aliphatic carbocycles. The number of aromatic amines is 1. The Morgan fingerprint density at radius 1 is 1.13 bits per heavy atom. The second-order valence-electron chi connectivity index (χ2n) is 3.10. The zero-order valence-corrected chi connectivity index (χ0v) is 8.05. The quantitative estimate of drug-likeness (QED) is 0.769. The van der Waals surface area contributed by atoms with E-state index in [1.807, 2.05) is 42.5 Å². The van der Waals surface area contributed by atoms with Gasteiger partial charge in [-0.3, -0.25) is 9.89 Å². The fourth-order valence-electron chi connectivity index (χ4n) is 1.28. The first kappa shape index (κ1) is 9.40. The summed E-state index contributed by atoms with van der Waals surface area (Å²) in [5.74, 6) is 0. The van der Waals surface area contributed by atoms with Crippen molar-refractivity contribution in [2.75, 3.05) is 0 Å². The molecule has 0 spiro atoms. The van der Waals surface area contributed by atoms with Crippen molar-refractivity contribution in [1.29, 1.82) is 0 Å². The predicted molar refractivity (Wildman–Crippen MR) is 59.3 cm³/mol. The zero-order valence-electron chi connectivity index (χ0n) is 8.05. The maximum atomic E-state index is 10.6. The molecule has 0 saturated heterocycles. The lowest BCUT2D eigenvalue weighted by atomic mass is 10.2. The van der Waals surface area contributed by atoms with Crippen molar-refractivity contribution in [2.24, 2.45) is 0 Å². The third kappa shape index (κ3) is 2.20. The van der Waals surface area contributed by atoms with Crippen LogP contribution >= 0.6 is 0 Å². The van der Waals surface area contributed by atoms with E-state index in [1.54, 1.807) is 0 Å². The molecule has 0 aliphatic rings. The van der Waals surface area contributed by atoms with Crippen molar-refractivity contribution in [3.8, 4) is 0 Å². The summed E-state index contributed by atoms with van der Waals surface area (Å²) in [6, 6.07) is 9.88. The van der Waals surface area contributed by atoms with E-state index in [-0.39, 0.29) is 0 Å². The van der Waals surface area contributed by atoms with Crippen LogP contribution in [0.5, 0.6) is 0 Å². The first-order valence-corrected chi connectivity index (χ1v) is 4.62. The molecular weight excluding hydrogens is 188 g/mol. The molecule has 2 aromatic rings. The molecule has 0 aliphatic heterocycles. The molecule has 1 heterocycles. The average Bonchev–Trinajstić information content (AvgIpc) is 2.75. The summed E-state index contributed by atoms with van der Waals surface area (Å²) in [6.45, 7) is 0. The number of hydrogen-bond acceptors (Lipinski definition) is 2. The van der Waals surface area contributed by atoms with Crippen LogP contribution in [0.2, 0.25) is 0 Å². The van der Waals surface area contributed by atoms with Gasteiger partial charge in [0.05, 0.1) is 17.5 Å². The van der Waals surface area contributed by atoms with Crippen LogP contribution in [-0.4, -0.2) is 16.5 Å². The van der Waals surface area contributed by atoms with Gasteiger partial charge in [0.15, 0.2) is 6.29 Å². The van der Waals surface area contributed by atoms with Crippen LogP contribution in [0.4, 0.5) is 0 Å². The number of aldehydes is 1. The third-order valence-corrected chi connectivity index (χ3v) is 2.07. The van der Waals surface area contributed by atoms with Gasteiger partial charge in [-0.05, 0) is 11.6 Å². The van der Waals surface area contributed by atoms with Crippen LogP contribution in [0.15, 0.2) is 36.5 Å². The van der Waals surface area contributed by atoms with E-state index in [2.05, 4.69) is 10.2 Å². The smallest absolute Gasteiger partial charge is 0.153 e. The average molecular weight is 198 g/mol. The minimum Gasteiger partial charge on any atom is -0.298 e. The monoisotopic (exact) mass is 198 g/mol. The molecule has 0 bridgehead atoms. The van der Waals surface area contributed by atoms with Gasteiger partial charge in [0.25, 0.3) is 0 Å². The predicted octanol–water partition coefficient (Wildman–Crippen LogP) is 2.39. The lowest BCUT2D eigenvalue weighted by molar-refractivity contribution is 0.112. The van der Waals surface area contributed by atoms with Crippen LogP contribution < -0.4 is 0 Å². The second-order valence-corrected chi connectivity index (χ2v) is 3.10. The number of H-pyrrole nitrogens is 1. The van der Waals surface area contributed by atoms with Crippen LogP contribution in [0.1, 0.15) is 21.6 Å². The van der Waals surface area contributed by atoms with Crippen molar-refractivity contribution < 1.29 is 4.79 Å². The van der Waals surface area contributed by atoms with Gasteiger partial charge in [0, 0.05) is 0 Å². The number of carbonyl (C=O) groups is 1. The number of nitrogens with zero attached hydrogens (tertiary/aromatic N) is 1. The van der Waals surface area contributed by atoms with Gasteiger partial charge in [-0.1, -0.05) is 36.4 Å². The molecule has 3 heteroatoms. The Balaban J connectivity index is 2.22. The summed E-state index contributed by atoms with van der Waals surface area (Å²) in [7, 11) is 0. The molecule has 0 atom stereocenters. The maximum absolute atomic E-state index is 10.6. The zero-order chi connectivity index (χ0) is 10.5. The van der Waals surface area contributed by atoms with Gasteiger partial charge in [-0.25, -0.2) is 0 Å². The highest BCUT2D eigenvalue weighted by atomic mass is 16.1. The van der Waals surface area contributed by atoms with E-state index in [0.717, 1.165) is 17.5 Å². The Labute approximate surface area is 87.5 Å². The third-order valence-electron chi connectivity index (χ3n) is 2.07. The SMILES string of the molecule is O=Cc1cn[nH]c1C=Cc1ccccc1. The number of carbonyl (C=O) groups excluding carboxylic acids is 1. The number of hydrogen-bond donors (Lipinski definition) is 1. The molecule has 0 radical (unpaired) electrons. The van der Waals surface area contributed by atoms with E-state index >= 15 is 0 Å². The van der Waals surface area contributed by atoms with E-state index in [0.29, 0.717) is 5.56 Å². The van der Waals surface area contributed by atoms with Crippen molar-refractivity contribution in [3.05, 3.63) is 53.3 Å². The first-order valence-electron chi connectivity index (χ1n) is 4.62. The van der Waals surface area contributed by atoms with Gasteiger partial charge in [0.2, 0.25) is 0 Å². The first-order chi connectivity index (χ1) is 7.40. The summed E-state index contributed by atoms with van der Waals surface area (Å²) < 4.78 is 0. The van der Waals surface area contributed by atoms with E-state index < -0.39 is 0 Å². The Kier molecular flexibility index (Phi) is 2.74. The highest BCUT2D eigenvalue weighted by molar-refractivity contribution is 5.83. The van der Waals surface area contributed by atoms with Gasteiger partial charge in [0.1, 0.15) is 0 Å². The lowest BCUT2D eigenvalue weighted by Gasteiger charge is -1.91. The Bertz CT molecular complexity index is 471. The largest absolute Gasteiger partial charge is 0.298 e. The molecule has 15 heavy (non-hydrogen) atoms. The van der Waals surface area contributed by atoms with Crippen molar-refractivity contribution in [2.45, 2.75) is 0 Å². The van der Waals surface area contributed by atoms with Crippen molar-refractivity contribution in [3.63, 3.8) is 0 Å². The van der Waals surface area contributed by atoms with Crippen LogP contribution in [0, 0.1) is 0 Å². The fraction of sp³-hybridized carbons (Fsp3) is 0. The summed E-state index contributed by atoms with van der Waals surface area (Å²) in [5, 5.41) is 6.56. The lowest BCUT2D eigenvalue weighted by Crippen LogP contribution is -1.80. The standard InChI is InChI=1S/C12H10N2O/c15-9-11-8-13-14-12(11)7-6-10-4-2-1-3-5-10/h1-9H,(H,13,14). The summed E-state index contributed by atoms with van der Waals surface area (Å²) in [5.41, 5.74) is 2.39. The maximum Gasteiger partial charge on any atom is 0.153 e. The van der Waals surface area contributed by atoms with Gasteiger partial charge >= 0.3 is 0 Å². The molecule has 1 aromatic carbocycles. The molecule has 2 rings (SSSR count). The number of aromatic nitrogens is 2. The van der Waals surface area contributed by atoms with Crippen LogP contribution in [0.25, 0.3) is 12.2 Å². The topological polar surface area (TPSA) is 45.8 Å². The van der Waals surface area contributed by atoms with Gasteiger partial charge < -0.3 is 0 Å². The van der Waals surface area contributed by atoms with Crippen LogP contribution in [0.3, 0.4) is 0 Å². The van der Waals surface area contributed by atoms with Crippen LogP contribution in [-0.2, 0) is 0 Å². The Hall–Kier alpha value is -2.16. The molecule has 1 N–H and O–H groups in total. The summed E-state index contributed by atoms with van der Waals surface area (Å²) >= 11 is 0. The normalized spacial score (nSPS) is 10.7. The van der Waals surface area contributed by atoms with Gasteiger partial charge in [-0.15, -0.1) is 0 Å². The van der Waals surface area contributed by atoms with Crippen molar-refractivity contribution >= 4 is 18.4 Å². The van der Waals surface area contributed by atoms with Gasteiger partial charge in [-0.2, -0.15) is 5.10 Å². The molecular formula is C12H10N2O. The fourth-order valence-corrected chi connectivity index (χ4v) is 1.28. The number of nitrogens with one attached hydrogen (secondary N) is 1. The molecule has 0 unspecified atom stereocenters. The number of rotatable bonds is 3. The molecule has 3 nitrogen and oxygen atoms in total. The summed E-state index contributed by atoms with van der Waals surface area (Å²) in [4.78, 5) is 10.6. The molecule has 0 fully saturated rings. The summed E-state index contributed by atoms with van der Waals surface area (Å²) in [6.07, 6.45) is 6.07. The molecule has 0 saturated carbocycles. The highest BCUT2D eigenvalue weighted by Crippen LogP contribution is 2.08. The Morgan fingerprint density at radius 2 is 1.93 bits per heavy atom.